The smallest absolute Gasteiger partial charge is 0.232 e. The highest BCUT2D eigenvalue weighted by Gasteiger charge is 2.37. The van der Waals surface area contributed by atoms with Crippen molar-refractivity contribution in [3.05, 3.63) is 29.8 Å². The van der Waals surface area contributed by atoms with Gasteiger partial charge in [0.1, 0.15) is 6.07 Å². The average molecular weight is 257 g/mol. The molecule has 0 spiro atoms. The number of nitriles is 1. The molecule has 0 atom stereocenters. The van der Waals surface area contributed by atoms with Crippen LogP contribution in [0.1, 0.15) is 25.3 Å². The van der Waals surface area contributed by atoms with Crippen LogP contribution < -0.4 is 10.2 Å². The van der Waals surface area contributed by atoms with Gasteiger partial charge in [-0.2, -0.15) is 5.26 Å². The number of nitrogens with zero attached hydrogens (tertiary/aromatic N) is 2. The van der Waals surface area contributed by atoms with Gasteiger partial charge in [0.25, 0.3) is 0 Å². The second kappa shape index (κ2) is 5.41. The summed E-state index contributed by atoms with van der Waals surface area (Å²) in [5.74, 6) is 0.0942. The maximum atomic E-state index is 12.7. The van der Waals surface area contributed by atoms with Crippen molar-refractivity contribution in [2.45, 2.75) is 19.8 Å². The highest BCUT2D eigenvalue weighted by molar-refractivity contribution is 5.98. The number of carbonyl (C=O) groups excluding carboxylic acids is 1. The number of rotatable bonds is 2. The maximum absolute atomic E-state index is 12.7. The summed E-state index contributed by atoms with van der Waals surface area (Å²) >= 11 is 0. The molecule has 4 heteroatoms. The molecule has 1 N–H and O–H groups in total. The molecule has 0 bridgehead atoms. The minimum atomic E-state index is -0.331. The van der Waals surface area contributed by atoms with Crippen molar-refractivity contribution >= 4 is 11.6 Å². The summed E-state index contributed by atoms with van der Waals surface area (Å²) in [4.78, 5) is 14.3. The SMILES string of the molecule is CN(C(=O)C1(C)CCNCC1)c1ccccc1C#N. The Labute approximate surface area is 114 Å². The Balaban J connectivity index is 2.26. The number of anilines is 1. The number of carbonyl (C=O) groups is 1. The van der Waals surface area contributed by atoms with E-state index in [2.05, 4.69) is 11.4 Å². The highest BCUT2D eigenvalue weighted by Crippen LogP contribution is 2.32. The standard InChI is InChI=1S/C15H19N3O/c1-15(7-9-17-10-8-15)14(19)18(2)13-6-4-3-5-12(13)11-16/h3-6,17H,7-10H2,1-2H3. The van der Waals surface area contributed by atoms with Crippen LogP contribution in [0.25, 0.3) is 0 Å². The first-order valence-electron chi connectivity index (χ1n) is 6.56. The first-order valence-corrected chi connectivity index (χ1v) is 6.56. The molecule has 100 valence electrons. The van der Waals surface area contributed by atoms with Gasteiger partial charge in [0.05, 0.1) is 11.3 Å². The van der Waals surface area contributed by atoms with Gasteiger partial charge >= 0.3 is 0 Å². The van der Waals surface area contributed by atoms with Crippen LogP contribution in [0.5, 0.6) is 0 Å². The number of hydrogen-bond donors (Lipinski definition) is 1. The topological polar surface area (TPSA) is 56.1 Å². The van der Waals surface area contributed by atoms with E-state index in [1.54, 1.807) is 18.0 Å². The third-order valence-corrected chi connectivity index (χ3v) is 3.91. The fraction of sp³-hybridized carbons (Fsp3) is 0.467. The van der Waals surface area contributed by atoms with Gasteiger partial charge in [-0.3, -0.25) is 4.79 Å². The van der Waals surface area contributed by atoms with Crippen molar-refractivity contribution in [1.82, 2.24) is 5.32 Å². The van der Waals surface area contributed by atoms with Crippen molar-refractivity contribution in [1.29, 1.82) is 5.26 Å². The molecule has 1 aliphatic rings. The zero-order valence-electron chi connectivity index (χ0n) is 11.4. The van der Waals surface area contributed by atoms with Crippen LogP contribution in [-0.4, -0.2) is 26.0 Å². The number of amides is 1. The molecule has 1 amide bonds. The molecule has 1 aromatic rings. The molecule has 0 saturated carbocycles. The Kier molecular flexibility index (Phi) is 3.87. The molecular formula is C15H19N3O. The Morgan fingerprint density at radius 2 is 2.00 bits per heavy atom. The molecule has 1 saturated heterocycles. The van der Waals surface area contributed by atoms with Crippen molar-refractivity contribution in [3.63, 3.8) is 0 Å². The van der Waals surface area contributed by atoms with Crippen LogP contribution >= 0.6 is 0 Å². The number of piperidine rings is 1. The van der Waals surface area contributed by atoms with Crippen LogP contribution in [0.3, 0.4) is 0 Å². The molecule has 4 nitrogen and oxygen atoms in total. The first-order chi connectivity index (χ1) is 9.08. The molecule has 19 heavy (non-hydrogen) atoms. The summed E-state index contributed by atoms with van der Waals surface area (Å²) in [5, 5.41) is 12.4. The molecule has 1 heterocycles. The van der Waals surface area contributed by atoms with Gasteiger partial charge in [-0.05, 0) is 38.1 Å². The summed E-state index contributed by atoms with van der Waals surface area (Å²) in [7, 11) is 1.76. The number of para-hydroxylation sites is 1. The van der Waals surface area contributed by atoms with E-state index >= 15 is 0 Å². The van der Waals surface area contributed by atoms with Crippen LogP contribution in [0.4, 0.5) is 5.69 Å². The van der Waals surface area contributed by atoms with Crippen molar-refractivity contribution in [3.8, 4) is 6.07 Å². The van der Waals surface area contributed by atoms with E-state index in [1.165, 1.54) is 0 Å². The Hall–Kier alpha value is -1.86. The first kappa shape index (κ1) is 13.6. The normalized spacial score (nSPS) is 17.5. The number of hydrogen-bond acceptors (Lipinski definition) is 3. The summed E-state index contributed by atoms with van der Waals surface area (Å²) in [6.07, 6.45) is 1.68. The van der Waals surface area contributed by atoms with Gasteiger partial charge in [0.15, 0.2) is 0 Å². The van der Waals surface area contributed by atoms with E-state index in [4.69, 9.17) is 5.26 Å². The predicted octanol–water partition coefficient (Wildman–Crippen LogP) is 1.91. The highest BCUT2D eigenvalue weighted by atomic mass is 16.2. The van der Waals surface area contributed by atoms with E-state index in [-0.39, 0.29) is 11.3 Å². The molecule has 0 unspecified atom stereocenters. The van der Waals surface area contributed by atoms with Gasteiger partial charge in [-0.25, -0.2) is 0 Å². The average Bonchev–Trinajstić information content (AvgIpc) is 2.46. The Bertz CT molecular complexity index is 512. The van der Waals surface area contributed by atoms with E-state index in [1.807, 2.05) is 25.1 Å². The Morgan fingerprint density at radius 1 is 1.37 bits per heavy atom. The molecule has 2 rings (SSSR count). The molecule has 0 aromatic heterocycles. The van der Waals surface area contributed by atoms with Crippen molar-refractivity contribution in [2.75, 3.05) is 25.0 Å². The van der Waals surface area contributed by atoms with E-state index < -0.39 is 0 Å². The fourth-order valence-corrected chi connectivity index (χ4v) is 2.57. The van der Waals surface area contributed by atoms with E-state index in [0.29, 0.717) is 11.3 Å². The lowest BCUT2D eigenvalue weighted by Gasteiger charge is -2.36. The Morgan fingerprint density at radius 3 is 2.63 bits per heavy atom. The second-order valence-corrected chi connectivity index (χ2v) is 5.30. The molecule has 0 aliphatic carbocycles. The summed E-state index contributed by atoms with van der Waals surface area (Å²) < 4.78 is 0. The van der Waals surface area contributed by atoms with E-state index in [9.17, 15) is 4.79 Å². The summed E-state index contributed by atoms with van der Waals surface area (Å²) in [6, 6.07) is 9.36. The third kappa shape index (κ3) is 2.61. The minimum Gasteiger partial charge on any atom is -0.317 e. The third-order valence-electron chi connectivity index (χ3n) is 3.91. The second-order valence-electron chi connectivity index (χ2n) is 5.30. The lowest BCUT2D eigenvalue weighted by atomic mass is 9.79. The van der Waals surface area contributed by atoms with Gasteiger partial charge in [0, 0.05) is 12.5 Å². The van der Waals surface area contributed by atoms with Crippen molar-refractivity contribution < 1.29 is 4.79 Å². The molecule has 1 aliphatic heterocycles. The zero-order chi connectivity index (χ0) is 13.9. The molecular weight excluding hydrogens is 238 g/mol. The monoisotopic (exact) mass is 257 g/mol. The lowest BCUT2D eigenvalue weighted by Crippen LogP contribution is -2.46. The van der Waals surface area contributed by atoms with Crippen LogP contribution in [0, 0.1) is 16.7 Å². The largest absolute Gasteiger partial charge is 0.317 e. The maximum Gasteiger partial charge on any atom is 0.232 e. The van der Waals surface area contributed by atoms with Crippen molar-refractivity contribution in [2.24, 2.45) is 5.41 Å². The van der Waals surface area contributed by atoms with E-state index in [0.717, 1.165) is 25.9 Å². The quantitative estimate of drug-likeness (QED) is 0.880. The molecule has 1 fully saturated rings. The van der Waals surface area contributed by atoms with Crippen LogP contribution in [-0.2, 0) is 4.79 Å². The fourth-order valence-electron chi connectivity index (χ4n) is 2.57. The van der Waals surface area contributed by atoms with Crippen LogP contribution in [0.2, 0.25) is 0 Å². The number of benzene rings is 1. The zero-order valence-corrected chi connectivity index (χ0v) is 11.4. The lowest BCUT2D eigenvalue weighted by molar-refractivity contribution is -0.128. The van der Waals surface area contributed by atoms with Crippen LogP contribution in [0.15, 0.2) is 24.3 Å². The van der Waals surface area contributed by atoms with Gasteiger partial charge < -0.3 is 10.2 Å². The summed E-state index contributed by atoms with van der Waals surface area (Å²) in [6.45, 7) is 3.76. The number of nitrogens with one attached hydrogen (secondary N) is 1. The van der Waals surface area contributed by atoms with Gasteiger partial charge in [0.2, 0.25) is 5.91 Å². The summed E-state index contributed by atoms with van der Waals surface area (Å²) in [5.41, 5.74) is 0.897. The van der Waals surface area contributed by atoms with Gasteiger partial charge in [-0.1, -0.05) is 19.1 Å². The minimum absolute atomic E-state index is 0.0942. The molecule has 1 aromatic carbocycles. The van der Waals surface area contributed by atoms with Gasteiger partial charge in [-0.15, -0.1) is 0 Å². The molecule has 0 radical (unpaired) electrons. The predicted molar refractivity (Wildman–Crippen MR) is 74.8 cm³/mol.